The van der Waals surface area contributed by atoms with E-state index in [0.717, 1.165) is 61.6 Å². The first-order valence-electron chi connectivity index (χ1n) is 11.8. The van der Waals surface area contributed by atoms with Gasteiger partial charge in [0.1, 0.15) is 11.4 Å². The number of halogens is 3. The molecule has 1 fully saturated rings. The first kappa shape index (κ1) is 25.1. The van der Waals surface area contributed by atoms with Gasteiger partial charge in [0.25, 0.3) is 0 Å². The molecule has 0 atom stereocenters. The Hall–Kier alpha value is -3.04. The van der Waals surface area contributed by atoms with Gasteiger partial charge in [0.2, 0.25) is 0 Å². The number of piperazine rings is 1. The topological polar surface area (TPSA) is 45.0 Å². The van der Waals surface area contributed by atoms with Crippen LogP contribution in [0.5, 0.6) is 5.75 Å². The molecular weight excluding hydrogens is 457 g/mol. The Bertz CT molecular complexity index is 1090. The number of hydrogen-bond acceptors (Lipinski definition) is 6. The highest BCUT2D eigenvalue weighted by molar-refractivity contribution is 5.66. The van der Waals surface area contributed by atoms with Crippen LogP contribution in [0.15, 0.2) is 59.1 Å². The van der Waals surface area contributed by atoms with Crippen molar-refractivity contribution >= 4 is 5.69 Å². The van der Waals surface area contributed by atoms with Crippen LogP contribution in [0.2, 0.25) is 0 Å². The molecule has 6 nitrogen and oxygen atoms in total. The number of rotatable bonds is 9. The van der Waals surface area contributed by atoms with E-state index in [0.29, 0.717) is 25.3 Å². The van der Waals surface area contributed by atoms with Gasteiger partial charge in [-0.05, 0) is 36.9 Å². The van der Waals surface area contributed by atoms with Crippen LogP contribution in [0.4, 0.5) is 18.9 Å². The van der Waals surface area contributed by atoms with E-state index in [2.05, 4.69) is 21.9 Å². The van der Waals surface area contributed by atoms with Gasteiger partial charge in [-0.3, -0.25) is 9.80 Å². The molecule has 1 aliphatic heterocycles. The van der Waals surface area contributed by atoms with E-state index in [1.54, 1.807) is 13.2 Å². The summed E-state index contributed by atoms with van der Waals surface area (Å²) in [5, 5.41) is 4.22. The summed E-state index contributed by atoms with van der Waals surface area (Å²) < 4.78 is 50.1. The number of aromatic nitrogens is 1. The predicted octanol–water partition coefficient (Wildman–Crippen LogP) is 5.01. The summed E-state index contributed by atoms with van der Waals surface area (Å²) in [5.41, 5.74) is 1.68. The molecule has 3 aromatic rings. The van der Waals surface area contributed by atoms with Crippen molar-refractivity contribution in [1.82, 2.24) is 15.0 Å². The summed E-state index contributed by atoms with van der Waals surface area (Å²) in [7, 11) is 1.64. The highest BCUT2D eigenvalue weighted by atomic mass is 19.4. The third-order valence-corrected chi connectivity index (χ3v) is 6.41. The number of alkyl halides is 3. The zero-order valence-electron chi connectivity index (χ0n) is 20.1. The lowest BCUT2D eigenvalue weighted by molar-refractivity contribution is -0.137. The minimum Gasteiger partial charge on any atom is -0.496 e. The van der Waals surface area contributed by atoms with Gasteiger partial charge in [0.05, 0.1) is 19.2 Å². The summed E-state index contributed by atoms with van der Waals surface area (Å²) in [4.78, 5) is 6.68. The summed E-state index contributed by atoms with van der Waals surface area (Å²) in [6, 6.07) is 15.3. The molecule has 0 bridgehead atoms. The van der Waals surface area contributed by atoms with Crippen LogP contribution in [0.25, 0.3) is 11.3 Å². The Morgan fingerprint density at radius 3 is 2.51 bits per heavy atom. The van der Waals surface area contributed by atoms with Crippen molar-refractivity contribution in [3.05, 3.63) is 65.9 Å². The van der Waals surface area contributed by atoms with Crippen molar-refractivity contribution < 1.29 is 22.4 Å². The zero-order valence-corrected chi connectivity index (χ0v) is 20.1. The molecule has 0 amide bonds. The van der Waals surface area contributed by atoms with E-state index < -0.39 is 11.7 Å². The van der Waals surface area contributed by atoms with Crippen LogP contribution in [0.1, 0.15) is 18.2 Å². The zero-order chi connectivity index (χ0) is 24.8. The molecule has 0 aliphatic carbocycles. The minimum atomic E-state index is -4.32. The molecule has 0 unspecified atom stereocenters. The SMILES string of the molecule is CCN(CCN1CCN(c2cccc(C(F)(F)F)c2)CC1)Cc1cc(-c2ccccc2OC)no1. The lowest BCUT2D eigenvalue weighted by Crippen LogP contribution is -2.48. The van der Waals surface area contributed by atoms with Crippen molar-refractivity contribution in [2.75, 3.05) is 57.8 Å². The molecule has 1 aromatic heterocycles. The van der Waals surface area contributed by atoms with Gasteiger partial charge in [-0.15, -0.1) is 0 Å². The number of anilines is 1. The summed E-state index contributed by atoms with van der Waals surface area (Å²) in [6.45, 7) is 8.43. The molecule has 1 saturated heterocycles. The maximum Gasteiger partial charge on any atom is 0.416 e. The third-order valence-electron chi connectivity index (χ3n) is 6.41. The fourth-order valence-electron chi connectivity index (χ4n) is 4.33. The Balaban J connectivity index is 1.27. The van der Waals surface area contributed by atoms with Gasteiger partial charge in [-0.2, -0.15) is 13.2 Å². The summed E-state index contributed by atoms with van der Waals surface area (Å²) >= 11 is 0. The van der Waals surface area contributed by atoms with Gasteiger partial charge in [0.15, 0.2) is 5.76 Å². The van der Waals surface area contributed by atoms with E-state index >= 15 is 0 Å². The average molecular weight is 489 g/mol. The highest BCUT2D eigenvalue weighted by Gasteiger charge is 2.31. The fourth-order valence-corrected chi connectivity index (χ4v) is 4.33. The van der Waals surface area contributed by atoms with Gasteiger partial charge in [0, 0.05) is 56.6 Å². The molecule has 1 aliphatic rings. The van der Waals surface area contributed by atoms with Crippen molar-refractivity contribution in [3.63, 3.8) is 0 Å². The number of hydrogen-bond donors (Lipinski definition) is 0. The Morgan fingerprint density at radius 1 is 1.03 bits per heavy atom. The molecule has 35 heavy (non-hydrogen) atoms. The lowest BCUT2D eigenvalue weighted by Gasteiger charge is -2.37. The molecule has 2 heterocycles. The fraction of sp³-hybridized carbons (Fsp3) is 0.423. The third kappa shape index (κ3) is 6.35. The van der Waals surface area contributed by atoms with Crippen LogP contribution in [-0.2, 0) is 12.7 Å². The molecule has 9 heteroatoms. The molecule has 188 valence electrons. The Labute approximate surface area is 203 Å². The van der Waals surface area contributed by atoms with E-state index in [4.69, 9.17) is 9.26 Å². The monoisotopic (exact) mass is 488 g/mol. The van der Waals surface area contributed by atoms with Gasteiger partial charge < -0.3 is 14.2 Å². The number of para-hydroxylation sites is 1. The Morgan fingerprint density at radius 2 is 1.80 bits per heavy atom. The number of nitrogens with zero attached hydrogens (tertiary/aromatic N) is 4. The van der Waals surface area contributed by atoms with Crippen LogP contribution < -0.4 is 9.64 Å². The first-order chi connectivity index (χ1) is 16.9. The van der Waals surface area contributed by atoms with Gasteiger partial charge in [-0.25, -0.2) is 0 Å². The number of benzene rings is 2. The number of ether oxygens (including phenoxy) is 1. The van der Waals surface area contributed by atoms with E-state index in [-0.39, 0.29) is 0 Å². The highest BCUT2D eigenvalue weighted by Crippen LogP contribution is 2.32. The normalized spacial score (nSPS) is 15.1. The molecule has 0 N–H and O–H groups in total. The second kappa shape index (κ2) is 11.1. The smallest absolute Gasteiger partial charge is 0.416 e. The maximum atomic E-state index is 13.0. The van der Waals surface area contributed by atoms with Crippen LogP contribution in [0.3, 0.4) is 0 Å². The van der Waals surface area contributed by atoms with Crippen molar-refractivity contribution in [1.29, 1.82) is 0 Å². The summed E-state index contributed by atoms with van der Waals surface area (Å²) in [5.74, 6) is 1.55. The predicted molar refractivity (Wildman–Crippen MR) is 130 cm³/mol. The largest absolute Gasteiger partial charge is 0.496 e. The summed E-state index contributed by atoms with van der Waals surface area (Å²) in [6.07, 6.45) is -4.32. The minimum absolute atomic E-state index is 0.600. The molecular formula is C26H31F3N4O2. The van der Waals surface area contributed by atoms with Crippen molar-refractivity contribution in [3.8, 4) is 17.0 Å². The van der Waals surface area contributed by atoms with Crippen LogP contribution in [-0.4, -0.2) is 67.9 Å². The first-order valence-corrected chi connectivity index (χ1v) is 11.8. The molecule has 2 aromatic carbocycles. The molecule has 0 spiro atoms. The van der Waals surface area contributed by atoms with Gasteiger partial charge >= 0.3 is 6.18 Å². The lowest BCUT2D eigenvalue weighted by atomic mass is 10.1. The average Bonchev–Trinajstić information content (AvgIpc) is 3.34. The van der Waals surface area contributed by atoms with E-state index in [1.165, 1.54) is 12.1 Å². The van der Waals surface area contributed by atoms with Crippen molar-refractivity contribution in [2.24, 2.45) is 0 Å². The maximum absolute atomic E-state index is 13.0. The number of methoxy groups -OCH3 is 1. The quantitative estimate of drug-likeness (QED) is 0.422. The van der Waals surface area contributed by atoms with Crippen LogP contribution in [0, 0.1) is 0 Å². The number of likely N-dealkylation sites (N-methyl/N-ethyl adjacent to an activating group) is 1. The van der Waals surface area contributed by atoms with E-state index in [9.17, 15) is 13.2 Å². The molecule has 4 rings (SSSR count). The van der Waals surface area contributed by atoms with Crippen molar-refractivity contribution in [2.45, 2.75) is 19.6 Å². The van der Waals surface area contributed by atoms with Gasteiger partial charge in [-0.1, -0.05) is 30.3 Å². The second-order valence-corrected chi connectivity index (χ2v) is 8.62. The molecule has 0 radical (unpaired) electrons. The standard InChI is InChI=1S/C26H31F3N4O2/c1-3-31(19-22-18-24(30-35-22)23-9-4-5-10-25(23)34-2)11-12-32-13-15-33(16-14-32)21-8-6-7-20(17-21)26(27,28)29/h4-10,17-18H,3,11-16,19H2,1-2H3. The second-order valence-electron chi connectivity index (χ2n) is 8.62. The Kier molecular flexibility index (Phi) is 7.97. The van der Waals surface area contributed by atoms with E-state index in [1.807, 2.05) is 35.2 Å². The van der Waals surface area contributed by atoms with Crippen LogP contribution >= 0.6 is 0 Å². The molecule has 0 saturated carbocycles.